The number of para-hydroxylation sites is 1. The lowest BCUT2D eigenvalue weighted by atomic mass is 9.94. The van der Waals surface area contributed by atoms with Gasteiger partial charge in [0, 0.05) is 43.1 Å². The molecule has 0 N–H and O–H groups in total. The molecule has 0 saturated carbocycles. The van der Waals surface area contributed by atoms with E-state index < -0.39 is 7.14 Å². The lowest BCUT2D eigenvalue weighted by Gasteiger charge is -2.21. The molecule has 16 aromatic rings. The zero-order valence-electron chi connectivity index (χ0n) is 48.0. The van der Waals surface area contributed by atoms with Crippen molar-refractivity contribution in [1.29, 1.82) is 0 Å². The van der Waals surface area contributed by atoms with Crippen LogP contribution in [0.4, 0.5) is 0 Å². The van der Waals surface area contributed by atoms with Crippen molar-refractivity contribution in [3.63, 3.8) is 0 Å². The Balaban J connectivity index is 0.741. The van der Waals surface area contributed by atoms with Crippen molar-refractivity contribution in [3.8, 4) is 94.7 Å². The quantitative estimate of drug-likeness (QED) is 0.114. The summed E-state index contributed by atoms with van der Waals surface area (Å²) in [5, 5.41) is 6.68. The van der Waals surface area contributed by atoms with Crippen LogP contribution < -0.4 is 15.9 Å². The van der Waals surface area contributed by atoms with Crippen LogP contribution in [-0.4, -0.2) is 4.57 Å². The zero-order chi connectivity index (χ0) is 58.5. The summed E-state index contributed by atoms with van der Waals surface area (Å²) >= 11 is 0. The lowest BCUT2D eigenvalue weighted by molar-refractivity contribution is 0.592. The minimum absolute atomic E-state index is 0.779. The number of aromatic nitrogens is 1. The number of nitrogens with zero attached hydrogens (tertiary/aromatic N) is 1. The summed E-state index contributed by atoms with van der Waals surface area (Å²) in [5.41, 5.74) is 23.1. The molecule has 1 unspecified atom stereocenters. The van der Waals surface area contributed by atoms with Crippen molar-refractivity contribution >= 4 is 66.8 Å². The van der Waals surface area contributed by atoms with Gasteiger partial charge in [0.1, 0.15) is 11.2 Å². The van der Waals surface area contributed by atoms with Gasteiger partial charge in [-0.3, -0.25) is 0 Å². The summed E-state index contributed by atoms with van der Waals surface area (Å²) in [6, 6.07) is 120. The Morgan fingerprint density at radius 2 is 0.511 bits per heavy atom. The number of hydrogen-bond donors (Lipinski definition) is 0. The fourth-order valence-corrected chi connectivity index (χ4v) is 15.7. The lowest BCUT2D eigenvalue weighted by Crippen LogP contribution is -2.25. The van der Waals surface area contributed by atoms with Gasteiger partial charge in [0.2, 0.25) is 0 Å². The van der Waals surface area contributed by atoms with Crippen molar-refractivity contribution < 1.29 is 8.98 Å². The van der Waals surface area contributed by atoms with Crippen LogP contribution in [0.25, 0.3) is 138 Å². The zero-order valence-corrected chi connectivity index (χ0v) is 48.9. The Hall–Kier alpha value is -11.1. The average molecular weight is 1140 g/mol. The van der Waals surface area contributed by atoms with Crippen LogP contribution in [0, 0.1) is 0 Å². The van der Waals surface area contributed by atoms with Crippen molar-refractivity contribution in [2.45, 2.75) is 0 Å². The Morgan fingerprint density at radius 1 is 0.216 bits per heavy atom. The molecule has 0 aliphatic carbocycles. The van der Waals surface area contributed by atoms with E-state index in [-0.39, 0.29) is 0 Å². The van der Waals surface area contributed by atoms with E-state index in [4.69, 9.17) is 4.42 Å². The van der Waals surface area contributed by atoms with Crippen molar-refractivity contribution in [2.24, 2.45) is 0 Å². The van der Waals surface area contributed by atoms with Crippen LogP contribution in [0.1, 0.15) is 0 Å². The van der Waals surface area contributed by atoms with E-state index in [2.05, 4.69) is 302 Å². The molecule has 2 heterocycles. The second-order valence-corrected chi connectivity index (χ2v) is 25.5. The fourth-order valence-electron chi connectivity index (χ4n) is 13.0. The second-order valence-electron chi connectivity index (χ2n) is 22.8. The van der Waals surface area contributed by atoms with E-state index in [9.17, 15) is 0 Å². The maximum atomic E-state index is 16.7. The summed E-state index contributed by atoms with van der Waals surface area (Å²) < 4.78 is 25.4. The highest BCUT2D eigenvalue weighted by Gasteiger charge is 2.31. The number of furan rings is 1. The first kappa shape index (κ1) is 52.5. The topological polar surface area (TPSA) is 35.1 Å². The molecule has 2 aromatic heterocycles. The van der Waals surface area contributed by atoms with Crippen LogP contribution in [-0.2, 0) is 4.57 Å². The standard InChI is InChI=1S/C84H56NO2P/c86-88(74-33-11-4-12-34-74,75-35-17-30-69(52-75)68-29-16-28-67(51-68)66-27-15-26-65(50-66)64-25-14-24-63(49-64)62-23-13-22-61(48-62)57-18-5-1-6-19-57)76-43-45-82-78(56-76)77-53-70(40-44-81(77)85(82)73-31-9-3-10-32-73)59-36-38-60(39-37-59)72-42-47-84-80(55-72)79-54-71(41-46-83(79)87-84)58-20-7-2-8-21-58/h1-56H. The Morgan fingerprint density at radius 3 is 0.977 bits per heavy atom. The molecule has 0 spiro atoms. The molecule has 4 heteroatoms. The van der Waals surface area contributed by atoms with Gasteiger partial charge in [-0.25, -0.2) is 0 Å². The molecule has 0 radical (unpaired) electrons. The van der Waals surface area contributed by atoms with Gasteiger partial charge in [-0.05, 0) is 186 Å². The van der Waals surface area contributed by atoms with Gasteiger partial charge < -0.3 is 13.5 Å². The number of hydrogen-bond acceptors (Lipinski definition) is 2. The Bertz CT molecular complexity index is 5340. The first-order valence-corrected chi connectivity index (χ1v) is 31.7. The van der Waals surface area contributed by atoms with Gasteiger partial charge in [0.25, 0.3) is 0 Å². The largest absolute Gasteiger partial charge is 0.456 e. The SMILES string of the molecule is O=P(c1ccccc1)(c1cccc(-c2cccc(-c3cccc(-c4cccc(-c5cccc(-c6ccccc6)c5)c4)c3)c2)c1)c1ccc2c(c1)c1cc(-c3ccc(-c4ccc5oc6ccc(-c7ccccc7)cc6c5c4)cc3)ccc1n2-c1ccccc1. The van der Waals surface area contributed by atoms with Crippen LogP contribution in [0.5, 0.6) is 0 Å². The molecule has 16 rings (SSSR count). The predicted molar refractivity (Wildman–Crippen MR) is 371 cm³/mol. The molecular weight excluding hydrogens is 1090 g/mol. The molecule has 0 fully saturated rings. The van der Waals surface area contributed by atoms with Crippen molar-refractivity contribution in [2.75, 3.05) is 0 Å². The molecular formula is C84H56NO2P. The van der Waals surface area contributed by atoms with Crippen LogP contribution >= 0.6 is 7.14 Å². The maximum absolute atomic E-state index is 16.7. The van der Waals surface area contributed by atoms with Crippen molar-refractivity contribution in [3.05, 3.63) is 340 Å². The molecule has 0 aliphatic heterocycles. The van der Waals surface area contributed by atoms with E-state index in [0.29, 0.717) is 0 Å². The smallest absolute Gasteiger partial charge is 0.171 e. The summed E-state index contributed by atoms with van der Waals surface area (Å²) in [6.45, 7) is 0. The molecule has 3 nitrogen and oxygen atoms in total. The van der Waals surface area contributed by atoms with Crippen molar-refractivity contribution in [1.82, 2.24) is 4.57 Å². The molecule has 1 atom stereocenters. The van der Waals surface area contributed by atoms with E-state index >= 15 is 4.57 Å². The van der Waals surface area contributed by atoms with Crippen LogP contribution in [0.2, 0.25) is 0 Å². The van der Waals surface area contributed by atoms with E-state index in [0.717, 1.165) is 121 Å². The summed E-state index contributed by atoms with van der Waals surface area (Å²) in [6.07, 6.45) is 0. The maximum Gasteiger partial charge on any atom is 0.171 e. The molecule has 14 aromatic carbocycles. The van der Waals surface area contributed by atoms with E-state index in [1.807, 2.05) is 42.5 Å². The first-order valence-electron chi connectivity index (χ1n) is 30.0. The third kappa shape index (κ3) is 9.56. The van der Waals surface area contributed by atoms with Gasteiger partial charge in [-0.2, -0.15) is 0 Å². The highest BCUT2D eigenvalue weighted by Crippen LogP contribution is 2.46. The van der Waals surface area contributed by atoms with Gasteiger partial charge in [-0.15, -0.1) is 0 Å². The van der Waals surface area contributed by atoms with Crippen LogP contribution in [0.3, 0.4) is 0 Å². The third-order valence-corrected chi connectivity index (χ3v) is 20.5. The predicted octanol–water partition coefficient (Wildman–Crippen LogP) is 21.7. The molecule has 0 aliphatic rings. The monoisotopic (exact) mass is 1140 g/mol. The summed E-state index contributed by atoms with van der Waals surface area (Å²) in [5.74, 6) is 0. The minimum Gasteiger partial charge on any atom is -0.456 e. The van der Waals surface area contributed by atoms with Gasteiger partial charge >= 0.3 is 0 Å². The first-order chi connectivity index (χ1) is 43.4. The fraction of sp³-hybridized carbons (Fsp3) is 0. The van der Waals surface area contributed by atoms with E-state index in [1.54, 1.807) is 0 Å². The summed E-state index contributed by atoms with van der Waals surface area (Å²) in [4.78, 5) is 0. The summed E-state index contributed by atoms with van der Waals surface area (Å²) in [7, 11) is -3.49. The van der Waals surface area contributed by atoms with E-state index in [1.165, 1.54) is 33.4 Å². The van der Waals surface area contributed by atoms with Gasteiger partial charge in [0.05, 0.1) is 11.0 Å². The molecule has 88 heavy (non-hydrogen) atoms. The average Bonchev–Trinajstić information content (AvgIpc) is 1.86. The highest BCUT2D eigenvalue weighted by molar-refractivity contribution is 7.85. The number of benzene rings is 14. The second kappa shape index (κ2) is 22.1. The molecule has 0 bridgehead atoms. The molecule has 0 saturated heterocycles. The molecule has 414 valence electrons. The highest BCUT2D eigenvalue weighted by atomic mass is 31.2. The minimum atomic E-state index is -3.49. The number of fused-ring (bicyclic) bond motifs is 6. The van der Waals surface area contributed by atoms with Gasteiger partial charge in [-0.1, -0.05) is 243 Å². The van der Waals surface area contributed by atoms with Gasteiger partial charge in [0.15, 0.2) is 7.14 Å². The molecule has 0 amide bonds. The van der Waals surface area contributed by atoms with Crippen LogP contribution in [0.15, 0.2) is 344 Å². The Labute approximate surface area is 511 Å². The number of rotatable bonds is 12. The third-order valence-electron chi connectivity index (χ3n) is 17.5. The Kier molecular flexibility index (Phi) is 13.2. The normalized spacial score (nSPS) is 12.2.